The van der Waals surface area contributed by atoms with Crippen LogP contribution >= 0.6 is 0 Å². The molecular formula is C27H26N4O5. The number of amides is 2. The second-order valence-electron chi connectivity index (χ2n) is 9.37. The maximum atomic E-state index is 13.2. The summed E-state index contributed by atoms with van der Waals surface area (Å²) in [6.45, 7) is -0.370. The smallest absolute Gasteiger partial charge is 0.259 e. The molecule has 2 aromatic heterocycles. The monoisotopic (exact) mass is 486 g/mol. The van der Waals surface area contributed by atoms with E-state index in [1.807, 2.05) is 70.9 Å². The molecule has 0 bridgehead atoms. The number of aliphatic hydroxyl groups excluding tert-OH is 2. The molecule has 0 saturated carbocycles. The molecule has 0 aliphatic carbocycles. The third kappa shape index (κ3) is 3.32. The van der Waals surface area contributed by atoms with Gasteiger partial charge in [0.1, 0.15) is 12.3 Å². The summed E-state index contributed by atoms with van der Waals surface area (Å²) >= 11 is 0. The van der Waals surface area contributed by atoms with Gasteiger partial charge in [0.05, 0.1) is 29.4 Å². The van der Waals surface area contributed by atoms with E-state index in [1.54, 1.807) is 6.20 Å². The number of carbonyl (C=O) groups excluding carboxylic acids is 2. The predicted octanol–water partition coefficient (Wildman–Crippen LogP) is 1.67. The van der Waals surface area contributed by atoms with Gasteiger partial charge < -0.3 is 29.8 Å². The van der Waals surface area contributed by atoms with Crippen LogP contribution in [0, 0.1) is 0 Å². The first-order chi connectivity index (χ1) is 17.4. The van der Waals surface area contributed by atoms with Gasteiger partial charge in [0.2, 0.25) is 0 Å². The van der Waals surface area contributed by atoms with Crippen molar-refractivity contribution in [1.82, 2.24) is 14.5 Å². The molecule has 2 amide bonds. The first-order valence-corrected chi connectivity index (χ1v) is 11.8. The van der Waals surface area contributed by atoms with E-state index >= 15 is 0 Å². The van der Waals surface area contributed by atoms with Crippen molar-refractivity contribution in [1.29, 1.82) is 0 Å². The molecule has 2 aromatic carbocycles. The lowest BCUT2D eigenvalue weighted by Crippen LogP contribution is -2.52. The van der Waals surface area contributed by atoms with Crippen molar-refractivity contribution in [3.8, 4) is 0 Å². The van der Waals surface area contributed by atoms with Gasteiger partial charge in [-0.25, -0.2) is 0 Å². The van der Waals surface area contributed by atoms with Crippen molar-refractivity contribution >= 4 is 44.8 Å². The number of aliphatic hydroxyl groups is 2. The number of aryl methyl sites for hydroxylation is 1. The number of imide groups is 1. The third-order valence-corrected chi connectivity index (χ3v) is 7.22. The largest absolute Gasteiger partial charge is 0.394 e. The van der Waals surface area contributed by atoms with Crippen LogP contribution in [0.15, 0.2) is 60.9 Å². The lowest BCUT2D eigenvalue weighted by atomic mass is 9.95. The van der Waals surface area contributed by atoms with E-state index in [1.165, 1.54) is 0 Å². The lowest BCUT2D eigenvalue weighted by molar-refractivity contribution is -0.165. The zero-order chi connectivity index (χ0) is 25.1. The molecule has 0 spiro atoms. The molecule has 0 radical (unpaired) electrons. The van der Waals surface area contributed by atoms with Gasteiger partial charge in [-0.15, -0.1) is 0 Å². The van der Waals surface area contributed by atoms with Crippen molar-refractivity contribution in [2.24, 2.45) is 12.8 Å². The van der Waals surface area contributed by atoms with E-state index in [4.69, 9.17) is 10.5 Å². The summed E-state index contributed by atoms with van der Waals surface area (Å²) in [6.07, 6.45) is 1.61. The van der Waals surface area contributed by atoms with Gasteiger partial charge in [0.25, 0.3) is 11.8 Å². The van der Waals surface area contributed by atoms with Gasteiger partial charge in [0, 0.05) is 59.3 Å². The molecule has 2 aliphatic heterocycles. The number of hydrogen-bond acceptors (Lipinski definition) is 6. The van der Waals surface area contributed by atoms with Gasteiger partial charge in [-0.2, -0.15) is 0 Å². The first-order valence-electron chi connectivity index (χ1n) is 11.8. The van der Waals surface area contributed by atoms with Crippen LogP contribution in [0.25, 0.3) is 33.0 Å². The van der Waals surface area contributed by atoms with Gasteiger partial charge >= 0.3 is 0 Å². The van der Waals surface area contributed by atoms with E-state index in [2.05, 4.69) is 5.32 Å². The summed E-state index contributed by atoms with van der Waals surface area (Å²) in [6, 6.07) is 14.7. The fourth-order valence-electron chi connectivity index (χ4n) is 5.47. The molecule has 184 valence electrons. The molecule has 2 aliphatic rings. The molecule has 6 rings (SSSR count). The Bertz CT molecular complexity index is 1560. The molecular weight excluding hydrogens is 460 g/mol. The maximum Gasteiger partial charge on any atom is 0.259 e. The van der Waals surface area contributed by atoms with E-state index in [0.29, 0.717) is 28.7 Å². The molecule has 5 N–H and O–H groups in total. The third-order valence-electron chi connectivity index (χ3n) is 7.22. The summed E-state index contributed by atoms with van der Waals surface area (Å²) in [4.78, 5) is 26.3. The Balaban J connectivity index is 1.57. The Morgan fingerprint density at radius 2 is 1.56 bits per heavy atom. The van der Waals surface area contributed by atoms with Crippen LogP contribution < -0.4 is 11.1 Å². The van der Waals surface area contributed by atoms with Crippen LogP contribution in [0.2, 0.25) is 0 Å². The fraction of sp³-hybridized carbons (Fsp3) is 0.259. The number of hydrogen-bond donors (Lipinski definition) is 4. The molecule has 4 heterocycles. The van der Waals surface area contributed by atoms with Gasteiger partial charge in [0.15, 0.2) is 0 Å². The number of ether oxygens (including phenoxy) is 1. The van der Waals surface area contributed by atoms with Gasteiger partial charge in [-0.05, 0) is 12.1 Å². The molecule has 0 unspecified atom stereocenters. The van der Waals surface area contributed by atoms with Crippen LogP contribution in [0.5, 0.6) is 0 Å². The number of nitrogens with zero attached hydrogens (tertiary/aromatic N) is 2. The van der Waals surface area contributed by atoms with Gasteiger partial charge in [-0.3, -0.25) is 14.9 Å². The summed E-state index contributed by atoms with van der Waals surface area (Å²) in [5, 5.41) is 24.1. The molecule has 36 heavy (non-hydrogen) atoms. The van der Waals surface area contributed by atoms with Crippen molar-refractivity contribution in [2.45, 2.75) is 30.9 Å². The van der Waals surface area contributed by atoms with Crippen molar-refractivity contribution in [3.05, 3.63) is 72.1 Å². The second-order valence-corrected chi connectivity index (χ2v) is 9.37. The summed E-state index contributed by atoms with van der Waals surface area (Å²) in [5.41, 5.74) is 9.80. The highest BCUT2D eigenvalue weighted by molar-refractivity contribution is 6.50. The van der Waals surface area contributed by atoms with E-state index in [-0.39, 0.29) is 6.61 Å². The number of fused-ring (bicyclic) bond motifs is 2. The molecule has 9 heteroatoms. The van der Waals surface area contributed by atoms with Crippen LogP contribution in [0.3, 0.4) is 0 Å². The lowest BCUT2D eigenvalue weighted by Gasteiger charge is -2.37. The molecule has 1 saturated heterocycles. The minimum absolute atomic E-state index is 0.296. The summed E-state index contributed by atoms with van der Waals surface area (Å²) < 4.78 is 9.81. The van der Waals surface area contributed by atoms with Gasteiger partial charge in [-0.1, -0.05) is 36.4 Å². The number of nitrogens with one attached hydrogen (secondary N) is 1. The Kier molecular flexibility index (Phi) is 5.31. The van der Waals surface area contributed by atoms with Crippen LogP contribution in [-0.2, 0) is 21.4 Å². The molecule has 9 nitrogen and oxygen atoms in total. The van der Waals surface area contributed by atoms with Crippen molar-refractivity contribution < 1.29 is 24.5 Å². The van der Waals surface area contributed by atoms with Crippen LogP contribution in [0.1, 0.15) is 23.8 Å². The highest BCUT2D eigenvalue weighted by Crippen LogP contribution is 2.40. The van der Waals surface area contributed by atoms with E-state index < -0.39 is 36.3 Å². The Morgan fingerprint density at radius 3 is 2.22 bits per heavy atom. The second kappa shape index (κ2) is 8.42. The zero-order valence-electron chi connectivity index (χ0n) is 19.6. The normalized spacial score (nSPS) is 24.8. The first kappa shape index (κ1) is 22.7. The minimum Gasteiger partial charge on any atom is -0.394 e. The standard InChI is InChI=1S/C27H26N4O5/c1-30-11-16(14-6-2-4-8-19(14)30)23-24(27(35)29-26(23)34)17-12-31(20-9-5-3-7-15(17)20)22-10-18(28)25(33)21(13-32)36-22/h2-9,11-12,18,21-22,25,32-33H,10,13,28H2,1H3,(H,29,34,35)/t18-,21-,22-,25+/m1/s1. The average Bonchev–Trinajstić information content (AvgIpc) is 3.51. The Morgan fingerprint density at radius 1 is 0.972 bits per heavy atom. The number of carbonyl (C=O) groups is 2. The Hall–Kier alpha value is -3.76. The van der Waals surface area contributed by atoms with E-state index in [9.17, 15) is 19.8 Å². The van der Waals surface area contributed by atoms with E-state index in [0.717, 1.165) is 21.8 Å². The van der Waals surface area contributed by atoms with Crippen LogP contribution in [-0.4, -0.2) is 56.0 Å². The topological polar surface area (TPSA) is 132 Å². The number of rotatable bonds is 4. The van der Waals surface area contributed by atoms with Crippen LogP contribution in [0.4, 0.5) is 0 Å². The average molecular weight is 487 g/mol. The highest BCUT2D eigenvalue weighted by Gasteiger charge is 2.39. The quantitative estimate of drug-likeness (QED) is 0.325. The molecule has 4 atom stereocenters. The molecule has 1 fully saturated rings. The number of benzene rings is 2. The summed E-state index contributed by atoms with van der Waals surface area (Å²) in [7, 11) is 1.91. The predicted molar refractivity (Wildman–Crippen MR) is 134 cm³/mol. The summed E-state index contributed by atoms with van der Waals surface area (Å²) in [5.74, 6) is -0.904. The maximum absolute atomic E-state index is 13.2. The Labute approximate surface area is 206 Å². The number of para-hydroxylation sites is 2. The van der Waals surface area contributed by atoms with Crippen molar-refractivity contribution in [2.75, 3.05) is 6.61 Å². The number of aromatic nitrogens is 2. The minimum atomic E-state index is -0.980. The number of nitrogens with two attached hydrogens (primary N) is 1. The highest BCUT2D eigenvalue weighted by atomic mass is 16.5. The zero-order valence-corrected chi connectivity index (χ0v) is 19.6. The van der Waals surface area contributed by atoms with Crippen molar-refractivity contribution in [3.63, 3.8) is 0 Å². The SMILES string of the molecule is Cn1cc(C2=C(c3cn([C@H]4C[C@@H](N)[C@H](O)[C@@H](CO)O4)c4ccccc34)C(=O)NC2=O)c2ccccc21. The molecule has 4 aromatic rings. The fourth-order valence-corrected chi connectivity index (χ4v) is 5.47.